The molecule has 0 fully saturated rings. The maximum absolute atomic E-state index is 11.9. The smallest absolute Gasteiger partial charge is 0.744 e. The summed E-state index contributed by atoms with van der Waals surface area (Å²) in [6.45, 7) is 0. The Hall–Kier alpha value is -4.33. The maximum atomic E-state index is 11.9. The van der Waals surface area contributed by atoms with E-state index in [-0.39, 0.29) is 57.9 Å². The Morgan fingerprint density at radius 1 is 0.478 bits per heavy atom. The van der Waals surface area contributed by atoms with Crippen molar-refractivity contribution < 1.29 is 59.6 Å². The first-order chi connectivity index (χ1) is 21.4. The third kappa shape index (κ3) is 4.76. The molecule has 0 unspecified atom stereocenters. The molecule has 219 valence electrons. The molecule has 7 aromatic rings. The van der Waals surface area contributed by atoms with Crippen LogP contribution in [-0.2, 0) is 27.2 Å². The van der Waals surface area contributed by atoms with Crippen molar-refractivity contribution >= 4 is 54.3 Å². The standard InChI is InChI=1S/C32H16N8O3S.Cu.Na/c41-44(42,43)16-13-14-23-24(15-16)32-39-30-22-12-6-5-11-21(22)28(37-30)35-26-18-8-2-1-7-17(18)25(33-26)34-27-19-9-3-4-10-20(19)29(36-27)38-31(23)40-32;;/h1-15H,(H-2,33,34,35,36,37,38,39,40,41,42,43);;/q-2;+2;+1/p-1. The van der Waals surface area contributed by atoms with E-state index in [1.54, 1.807) is 0 Å². The van der Waals surface area contributed by atoms with E-state index in [1.165, 1.54) is 18.2 Å². The Morgan fingerprint density at radius 2 is 0.848 bits per heavy atom. The van der Waals surface area contributed by atoms with Crippen molar-refractivity contribution in [1.82, 2.24) is 39.9 Å². The molecule has 14 heteroatoms. The van der Waals surface area contributed by atoms with Gasteiger partial charge < -0.3 is 29.5 Å². The van der Waals surface area contributed by atoms with Gasteiger partial charge in [0.1, 0.15) is 10.1 Å². The van der Waals surface area contributed by atoms with Gasteiger partial charge in [-0.3, -0.25) is 0 Å². The third-order valence-electron chi connectivity index (χ3n) is 7.68. The largest absolute Gasteiger partial charge is 2.00 e. The molecule has 0 amide bonds. The summed E-state index contributed by atoms with van der Waals surface area (Å²) in [7, 11) is -4.74. The van der Waals surface area contributed by atoms with Crippen LogP contribution in [-0.4, -0.2) is 42.9 Å². The monoisotopic (exact) mass is 677 g/mol. The Balaban J connectivity index is 0.00000169. The zero-order valence-corrected chi connectivity index (χ0v) is 27.4. The molecular weight excluding hydrogens is 663 g/mol. The molecule has 9 rings (SSSR count). The van der Waals surface area contributed by atoms with Crippen molar-refractivity contribution in [3.8, 4) is 45.6 Å². The summed E-state index contributed by atoms with van der Waals surface area (Å²) in [5, 5.41) is 2.30. The van der Waals surface area contributed by atoms with Gasteiger partial charge in [0.2, 0.25) is 0 Å². The van der Waals surface area contributed by atoms with Crippen LogP contribution < -0.4 is 39.5 Å². The summed E-state index contributed by atoms with van der Waals surface area (Å²) in [6, 6.07) is 26.8. The van der Waals surface area contributed by atoms with Crippen LogP contribution in [0.15, 0.2) is 95.9 Å². The van der Waals surface area contributed by atoms with Gasteiger partial charge in [-0.2, -0.15) is 0 Å². The molecular formula is C32H15CuN8NaO3S. The number of aromatic nitrogens is 8. The van der Waals surface area contributed by atoms with Gasteiger partial charge in [0.25, 0.3) is 0 Å². The molecule has 2 aliphatic heterocycles. The fourth-order valence-electron chi connectivity index (χ4n) is 5.64. The van der Waals surface area contributed by atoms with Gasteiger partial charge in [-0.25, -0.2) is 23.4 Å². The first-order valence-corrected chi connectivity index (χ1v) is 14.9. The normalized spacial score (nSPS) is 11.8. The molecule has 0 aliphatic carbocycles. The molecule has 1 radical (unpaired) electrons. The number of benzene rings is 4. The Bertz CT molecular complexity index is 2680. The second-order valence-corrected chi connectivity index (χ2v) is 11.7. The Kier molecular flexibility index (Phi) is 7.37. The average molecular weight is 678 g/mol. The van der Waals surface area contributed by atoms with E-state index in [4.69, 9.17) is 39.9 Å². The SMILES string of the molecule is O=S(=O)([O-])c1ccc2c3nc4nc(nc5nc(nc6[n-]c(nc([n-]3)c2c1)c1ccccc61)-c1ccccc1-5)-c1ccccc1-4.[Cu+2].[Na+]. The minimum absolute atomic E-state index is 0. The molecule has 0 N–H and O–H groups in total. The number of hydrogen-bond donors (Lipinski definition) is 0. The molecule has 3 aromatic heterocycles. The molecule has 4 aromatic carbocycles. The summed E-state index contributed by atoms with van der Waals surface area (Å²) >= 11 is 0. The van der Waals surface area contributed by atoms with E-state index >= 15 is 0 Å². The minimum atomic E-state index is -4.74. The second-order valence-electron chi connectivity index (χ2n) is 10.3. The predicted molar refractivity (Wildman–Crippen MR) is 162 cm³/mol. The zero-order chi connectivity index (χ0) is 29.6. The van der Waals surface area contributed by atoms with Crippen LogP contribution in [0.5, 0.6) is 0 Å². The zero-order valence-electron chi connectivity index (χ0n) is 23.7. The quantitative estimate of drug-likeness (QED) is 0.185. The van der Waals surface area contributed by atoms with E-state index in [1.807, 2.05) is 72.8 Å². The molecule has 46 heavy (non-hydrogen) atoms. The Morgan fingerprint density at radius 3 is 1.30 bits per heavy atom. The van der Waals surface area contributed by atoms with Crippen LogP contribution in [0.3, 0.4) is 0 Å². The molecule has 0 atom stereocenters. The van der Waals surface area contributed by atoms with Crippen molar-refractivity contribution in [3.05, 3.63) is 91.0 Å². The summed E-state index contributed by atoms with van der Waals surface area (Å²) in [4.78, 5) is 38.0. The minimum Gasteiger partial charge on any atom is -0.744 e. The fourth-order valence-corrected chi connectivity index (χ4v) is 6.14. The van der Waals surface area contributed by atoms with Crippen LogP contribution >= 0.6 is 0 Å². The first-order valence-electron chi connectivity index (χ1n) is 13.5. The number of fused-ring (bicyclic) bond motifs is 20. The van der Waals surface area contributed by atoms with Crippen molar-refractivity contribution in [2.24, 2.45) is 0 Å². The molecule has 11 nitrogen and oxygen atoms in total. The molecule has 8 bridgehead atoms. The van der Waals surface area contributed by atoms with Crippen molar-refractivity contribution in [2.45, 2.75) is 4.90 Å². The molecule has 2 aliphatic rings. The van der Waals surface area contributed by atoms with Crippen molar-refractivity contribution in [2.75, 3.05) is 0 Å². The first kappa shape index (κ1) is 30.3. The predicted octanol–water partition coefficient (Wildman–Crippen LogP) is 2.03. The van der Waals surface area contributed by atoms with Gasteiger partial charge in [0.15, 0.2) is 11.6 Å². The fraction of sp³-hybridized carbons (Fsp3) is 0. The summed E-state index contributed by atoms with van der Waals surface area (Å²) < 4.78 is 35.8. The van der Waals surface area contributed by atoms with Gasteiger partial charge in [0, 0.05) is 44.8 Å². The van der Waals surface area contributed by atoms with Crippen molar-refractivity contribution in [1.29, 1.82) is 0 Å². The van der Waals surface area contributed by atoms with E-state index < -0.39 is 15.0 Å². The van der Waals surface area contributed by atoms with Crippen LogP contribution in [0, 0.1) is 0 Å². The average Bonchev–Trinajstić information content (AvgIpc) is 3.76. The van der Waals surface area contributed by atoms with E-state index in [0.29, 0.717) is 50.8 Å². The number of hydrogen-bond acceptors (Lipinski definition) is 9. The topological polar surface area (TPSA) is 163 Å². The summed E-state index contributed by atoms with van der Waals surface area (Å²) in [5.74, 6) is 1.72. The van der Waals surface area contributed by atoms with Crippen LogP contribution in [0.25, 0.3) is 89.7 Å². The Labute approximate surface area is 293 Å². The van der Waals surface area contributed by atoms with Gasteiger partial charge in [-0.15, -0.1) is 0 Å². The molecule has 0 saturated heterocycles. The van der Waals surface area contributed by atoms with E-state index in [2.05, 4.69) is 0 Å². The summed E-state index contributed by atoms with van der Waals surface area (Å²) in [6.07, 6.45) is 0. The van der Waals surface area contributed by atoms with Crippen LogP contribution in [0.2, 0.25) is 0 Å². The van der Waals surface area contributed by atoms with Crippen molar-refractivity contribution in [3.63, 3.8) is 0 Å². The van der Waals surface area contributed by atoms with E-state index in [9.17, 15) is 13.0 Å². The molecule has 0 saturated carbocycles. The van der Waals surface area contributed by atoms with Crippen LogP contribution in [0.4, 0.5) is 0 Å². The van der Waals surface area contributed by atoms with Gasteiger partial charge >= 0.3 is 46.6 Å². The molecule has 0 spiro atoms. The van der Waals surface area contributed by atoms with Crippen LogP contribution in [0.1, 0.15) is 0 Å². The van der Waals surface area contributed by atoms with Gasteiger partial charge in [-0.1, -0.05) is 78.9 Å². The summed E-state index contributed by atoms with van der Waals surface area (Å²) in [5.41, 5.74) is 4.30. The second kappa shape index (κ2) is 11.2. The van der Waals surface area contributed by atoms with Gasteiger partial charge in [-0.05, 0) is 33.7 Å². The molecule has 5 heterocycles. The number of nitrogens with zero attached hydrogens (tertiary/aromatic N) is 8. The number of rotatable bonds is 1. The maximum Gasteiger partial charge on any atom is 2.00 e. The third-order valence-corrected chi connectivity index (χ3v) is 8.51. The van der Waals surface area contributed by atoms with E-state index in [0.717, 1.165) is 27.6 Å². The van der Waals surface area contributed by atoms with Gasteiger partial charge in [0.05, 0.1) is 16.5 Å².